The van der Waals surface area contributed by atoms with E-state index in [1.807, 2.05) is 18.2 Å². The molecular weight excluding hydrogens is 741 g/mol. The number of hydrogen-bond donors (Lipinski definition) is 7. The van der Waals surface area contributed by atoms with Gasteiger partial charge in [-0.25, -0.2) is 4.98 Å². The van der Waals surface area contributed by atoms with Crippen LogP contribution >= 0.6 is 0 Å². The first kappa shape index (κ1) is 39.8. The zero-order valence-electron chi connectivity index (χ0n) is 32.4. The number of carbonyl (C=O) groups excluding carboxylic acids is 6. The summed E-state index contributed by atoms with van der Waals surface area (Å²) >= 11 is 0. The van der Waals surface area contributed by atoms with Gasteiger partial charge >= 0.3 is 0 Å². The summed E-state index contributed by atoms with van der Waals surface area (Å²) in [5.41, 5.74) is 5.15. The number of fused-ring (bicyclic) bond motifs is 2. The summed E-state index contributed by atoms with van der Waals surface area (Å²) in [6, 6.07) is 14.8. The van der Waals surface area contributed by atoms with Crippen LogP contribution in [0.25, 0.3) is 11.0 Å². The van der Waals surface area contributed by atoms with E-state index < -0.39 is 29.7 Å². The molecule has 2 unspecified atom stereocenters. The lowest BCUT2D eigenvalue weighted by Crippen LogP contribution is -2.54. The van der Waals surface area contributed by atoms with Crippen LogP contribution in [-0.2, 0) is 20.9 Å². The molecule has 0 spiro atoms. The van der Waals surface area contributed by atoms with Gasteiger partial charge in [0, 0.05) is 73.9 Å². The van der Waals surface area contributed by atoms with Crippen LogP contribution in [0.15, 0.2) is 54.6 Å². The molecule has 0 bridgehead atoms. The number of aromatic nitrogens is 2. The Morgan fingerprint density at radius 3 is 2.57 bits per heavy atom. The standard InChI is InChI=1S/C42H48N10O6/c1-44-30-11-9-26(20-27(30)22-43)39(55)47-28-10-12-31-33(21-28)49-35(48-31)24-51-18-15-25(23-51)19-37(54)46-17-5-3-2-4-16-45-32-8-6-7-29-38(32)42(58)52(41(29)57)34-13-14-36(53)50-40(34)56/h6-12,20-22,25,34,43-45H,2-5,13-19,23-24H2,1H3,(H,46,54)(H,47,55)(H,48,49)(H,50,53,56). The maximum absolute atomic E-state index is 13.3. The van der Waals surface area contributed by atoms with E-state index in [1.54, 1.807) is 43.4 Å². The second-order valence-electron chi connectivity index (χ2n) is 15.0. The molecule has 4 heterocycles. The number of nitrogens with one attached hydrogen (secondary N) is 7. The fourth-order valence-corrected chi connectivity index (χ4v) is 7.95. The molecule has 16 nitrogen and oxygen atoms in total. The normalized spacial score (nSPS) is 18.0. The SMILES string of the molecule is CNc1ccc(C(=O)Nc2ccc3[nH]c(CN4CCC(CC(=O)NCCCCCCNc5cccc6c5C(=O)N(C5CCC(=O)NC5=O)C6=O)C4)nc3c2)cc1C=N. The Labute approximate surface area is 335 Å². The minimum Gasteiger partial charge on any atom is -0.388 e. The minimum absolute atomic E-state index is 0.0577. The van der Waals surface area contributed by atoms with Gasteiger partial charge in [-0.2, -0.15) is 0 Å². The fraction of sp³-hybridized carbons (Fsp3) is 0.381. The van der Waals surface area contributed by atoms with Crippen LogP contribution in [0.1, 0.15) is 93.8 Å². The molecular formula is C42H48N10O6. The third-order valence-corrected chi connectivity index (χ3v) is 11.0. The van der Waals surface area contributed by atoms with Gasteiger partial charge in [0.05, 0.1) is 28.7 Å². The number of nitrogens with zero attached hydrogens (tertiary/aromatic N) is 3. The van der Waals surface area contributed by atoms with E-state index in [0.29, 0.717) is 48.6 Å². The van der Waals surface area contributed by atoms with Gasteiger partial charge in [-0.15, -0.1) is 0 Å². The summed E-state index contributed by atoms with van der Waals surface area (Å²) < 4.78 is 0. The summed E-state index contributed by atoms with van der Waals surface area (Å²) in [5, 5.41) is 22.1. The summed E-state index contributed by atoms with van der Waals surface area (Å²) in [5.74, 6) is -1.22. The first-order chi connectivity index (χ1) is 28.1. The van der Waals surface area contributed by atoms with E-state index in [-0.39, 0.29) is 41.7 Å². The lowest BCUT2D eigenvalue weighted by Gasteiger charge is -2.27. The predicted octanol–water partition coefficient (Wildman–Crippen LogP) is 4.26. The molecule has 0 radical (unpaired) electrons. The zero-order valence-corrected chi connectivity index (χ0v) is 32.4. The van der Waals surface area contributed by atoms with Crippen LogP contribution in [-0.4, -0.2) is 101 Å². The van der Waals surface area contributed by atoms with Crippen molar-refractivity contribution in [3.05, 3.63) is 82.7 Å². The van der Waals surface area contributed by atoms with Gasteiger partial charge in [-0.1, -0.05) is 18.9 Å². The molecule has 58 heavy (non-hydrogen) atoms. The van der Waals surface area contributed by atoms with Crippen LogP contribution < -0.4 is 26.6 Å². The average molecular weight is 789 g/mol. The molecule has 2 atom stereocenters. The van der Waals surface area contributed by atoms with Crippen LogP contribution in [0.5, 0.6) is 0 Å². The third kappa shape index (κ3) is 8.91. The summed E-state index contributed by atoms with van der Waals surface area (Å²) in [7, 11) is 1.77. The maximum atomic E-state index is 13.3. The van der Waals surface area contributed by atoms with E-state index in [9.17, 15) is 28.8 Å². The van der Waals surface area contributed by atoms with Crippen molar-refractivity contribution in [2.24, 2.45) is 5.92 Å². The summed E-state index contributed by atoms with van der Waals surface area (Å²) in [4.78, 5) is 87.4. The number of unbranched alkanes of at least 4 members (excludes halogenated alkanes) is 3. The van der Waals surface area contributed by atoms with Gasteiger partial charge in [-0.05, 0) is 86.7 Å². The van der Waals surface area contributed by atoms with E-state index in [0.717, 1.165) is 72.6 Å². The van der Waals surface area contributed by atoms with Crippen LogP contribution in [0, 0.1) is 11.3 Å². The second-order valence-corrected chi connectivity index (χ2v) is 15.0. The van der Waals surface area contributed by atoms with Gasteiger partial charge in [0.15, 0.2) is 0 Å². The molecule has 3 aliphatic rings. The molecule has 7 N–H and O–H groups in total. The van der Waals surface area contributed by atoms with Gasteiger partial charge in [0.25, 0.3) is 17.7 Å². The number of aromatic amines is 1. The van der Waals surface area contributed by atoms with Crippen LogP contribution in [0.2, 0.25) is 0 Å². The van der Waals surface area contributed by atoms with E-state index in [4.69, 9.17) is 10.4 Å². The molecule has 7 rings (SSSR count). The lowest BCUT2D eigenvalue weighted by atomic mass is 10.0. The summed E-state index contributed by atoms with van der Waals surface area (Å²) in [6.07, 6.45) is 6.34. The van der Waals surface area contributed by atoms with Crippen molar-refractivity contribution in [1.29, 1.82) is 5.41 Å². The van der Waals surface area contributed by atoms with Crippen molar-refractivity contribution in [3.63, 3.8) is 0 Å². The van der Waals surface area contributed by atoms with Crippen LogP contribution in [0.4, 0.5) is 17.1 Å². The van der Waals surface area contributed by atoms with Crippen molar-refractivity contribution >= 4 is 69.8 Å². The van der Waals surface area contributed by atoms with Gasteiger partial charge in [0.2, 0.25) is 17.7 Å². The molecule has 2 fully saturated rings. The minimum atomic E-state index is -1.00. The highest BCUT2D eigenvalue weighted by atomic mass is 16.2. The maximum Gasteiger partial charge on any atom is 0.264 e. The summed E-state index contributed by atoms with van der Waals surface area (Å²) in [6.45, 7) is 3.52. The molecule has 6 amide bonds. The number of imide groups is 2. The number of anilines is 3. The molecule has 302 valence electrons. The van der Waals surface area contributed by atoms with Crippen molar-refractivity contribution < 1.29 is 28.8 Å². The van der Waals surface area contributed by atoms with Crippen molar-refractivity contribution in [2.75, 3.05) is 49.2 Å². The number of piperidine rings is 1. The highest BCUT2D eigenvalue weighted by Gasteiger charge is 2.45. The van der Waals surface area contributed by atoms with Gasteiger partial charge in [0.1, 0.15) is 11.9 Å². The molecule has 4 aromatic rings. The molecule has 16 heteroatoms. The molecule has 0 saturated carbocycles. The van der Waals surface area contributed by atoms with Crippen molar-refractivity contribution in [1.82, 2.24) is 30.4 Å². The number of imidazole rings is 1. The quantitative estimate of drug-likeness (QED) is 0.0458. The molecule has 0 aliphatic carbocycles. The lowest BCUT2D eigenvalue weighted by molar-refractivity contribution is -0.136. The highest BCUT2D eigenvalue weighted by Crippen LogP contribution is 2.32. The Morgan fingerprint density at radius 2 is 1.78 bits per heavy atom. The number of H-pyrrole nitrogens is 1. The Morgan fingerprint density at radius 1 is 0.948 bits per heavy atom. The van der Waals surface area contributed by atoms with Crippen LogP contribution in [0.3, 0.4) is 0 Å². The molecule has 3 aliphatic heterocycles. The topological polar surface area (TPSA) is 222 Å². The number of carbonyl (C=O) groups is 6. The fourth-order valence-electron chi connectivity index (χ4n) is 7.95. The number of hydrogen-bond acceptors (Lipinski definition) is 11. The smallest absolute Gasteiger partial charge is 0.264 e. The predicted molar refractivity (Wildman–Crippen MR) is 219 cm³/mol. The van der Waals surface area contributed by atoms with Crippen molar-refractivity contribution in [2.45, 2.75) is 64.0 Å². The van der Waals surface area contributed by atoms with Gasteiger partial charge < -0.3 is 31.7 Å². The molecule has 2 saturated heterocycles. The monoisotopic (exact) mass is 788 g/mol. The number of rotatable bonds is 17. The highest BCUT2D eigenvalue weighted by molar-refractivity contribution is 6.25. The van der Waals surface area contributed by atoms with Gasteiger partial charge in [-0.3, -0.25) is 43.9 Å². The Balaban J connectivity index is 0.782. The molecule has 3 aromatic carbocycles. The van der Waals surface area contributed by atoms with E-state index in [1.165, 1.54) is 6.21 Å². The third-order valence-electron chi connectivity index (χ3n) is 11.0. The molecule has 1 aromatic heterocycles. The second kappa shape index (κ2) is 17.8. The first-order valence-electron chi connectivity index (χ1n) is 19.8. The average Bonchev–Trinajstić information content (AvgIpc) is 3.90. The number of benzene rings is 3. The van der Waals surface area contributed by atoms with E-state index in [2.05, 4.69) is 36.5 Å². The Bertz CT molecular complexity index is 2270. The largest absolute Gasteiger partial charge is 0.388 e. The Hall–Kier alpha value is -6.42. The zero-order chi connectivity index (χ0) is 40.8. The van der Waals surface area contributed by atoms with E-state index >= 15 is 0 Å². The Kier molecular flexibility index (Phi) is 12.2. The number of amides is 6. The number of likely N-dealkylation sites (tertiary alicyclic amines) is 1. The first-order valence-corrected chi connectivity index (χ1v) is 19.8. The van der Waals surface area contributed by atoms with Crippen molar-refractivity contribution in [3.8, 4) is 0 Å².